The monoisotopic (exact) mass is 154 g/mol. The Kier molecular flexibility index (Phi) is 3.14. The molecule has 0 saturated carbocycles. The van der Waals surface area contributed by atoms with Gasteiger partial charge in [0.2, 0.25) is 0 Å². The van der Waals surface area contributed by atoms with Crippen LogP contribution in [0.3, 0.4) is 0 Å². The van der Waals surface area contributed by atoms with Crippen LogP contribution in [-0.4, -0.2) is 23.3 Å². The van der Waals surface area contributed by atoms with Gasteiger partial charge < -0.3 is 15.0 Å². The molecule has 0 aliphatic rings. The number of rotatable bonds is 4. The minimum Gasteiger partial charge on any atom is -0.395 e. The molecule has 1 rings (SSSR count). The van der Waals surface area contributed by atoms with Gasteiger partial charge in [-0.1, -0.05) is 0 Å². The van der Waals surface area contributed by atoms with Gasteiger partial charge in [0, 0.05) is 25.0 Å². The lowest BCUT2D eigenvalue weighted by molar-refractivity contribution is 0.274. The first-order valence-corrected chi connectivity index (χ1v) is 3.78. The van der Waals surface area contributed by atoms with E-state index in [0.717, 1.165) is 6.54 Å². The van der Waals surface area contributed by atoms with E-state index in [9.17, 15) is 0 Å². The predicted molar refractivity (Wildman–Crippen MR) is 44.3 cm³/mol. The van der Waals surface area contributed by atoms with Gasteiger partial charge in [-0.25, -0.2) is 0 Å². The fraction of sp³-hybridized carbons (Fsp3) is 0.500. The Labute approximate surface area is 66.7 Å². The highest BCUT2D eigenvalue weighted by Gasteiger charge is 1.96. The lowest BCUT2D eigenvalue weighted by Gasteiger charge is -2.05. The van der Waals surface area contributed by atoms with Gasteiger partial charge in [0.15, 0.2) is 0 Å². The van der Waals surface area contributed by atoms with Crippen molar-refractivity contribution in [3.05, 3.63) is 24.0 Å². The highest BCUT2D eigenvalue weighted by molar-refractivity contribution is 5.06. The van der Waals surface area contributed by atoms with Crippen LogP contribution < -0.4 is 5.32 Å². The van der Waals surface area contributed by atoms with Crippen molar-refractivity contribution in [3.8, 4) is 0 Å². The van der Waals surface area contributed by atoms with Crippen molar-refractivity contribution in [1.82, 2.24) is 9.88 Å². The second-order valence-electron chi connectivity index (χ2n) is 2.45. The normalized spacial score (nSPS) is 10.4. The van der Waals surface area contributed by atoms with E-state index in [1.807, 2.05) is 29.9 Å². The highest BCUT2D eigenvalue weighted by atomic mass is 16.3. The smallest absolute Gasteiger partial charge is 0.0610 e. The zero-order valence-corrected chi connectivity index (χ0v) is 6.75. The number of hydrogen-bond donors (Lipinski definition) is 2. The van der Waals surface area contributed by atoms with Gasteiger partial charge in [-0.3, -0.25) is 0 Å². The van der Waals surface area contributed by atoms with E-state index < -0.39 is 0 Å². The SMILES string of the molecule is CNCc1cccn1CCO. The fourth-order valence-electron chi connectivity index (χ4n) is 1.12. The van der Waals surface area contributed by atoms with Gasteiger partial charge in [-0.05, 0) is 19.2 Å². The summed E-state index contributed by atoms with van der Waals surface area (Å²) in [4.78, 5) is 0. The molecule has 0 radical (unpaired) electrons. The molecule has 62 valence electrons. The number of hydrogen-bond acceptors (Lipinski definition) is 2. The highest BCUT2D eigenvalue weighted by Crippen LogP contribution is 2.00. The van der Waals surface area contributed by atoms with E-state index in [0.29, 0.717) is 6.54 Å². The first-order valence-electron chi connectivity index (χ1n) is 3.78. The summed E-state index contributed by atoms with van der Waals surface area (Å²) in [6.07, 6.45) is 1.98. The van der Waals surface area contributed by atoms with Gasteiger partial charge >= 0.3 is 0 Å². The van der Waals surface area contributed by atoms with Crippen LogP contribution in [0.1, 0.15) is 5.69 Å². The molecule has 0 aliphatic carbocycles. The summed E-state index contributed by atoms with van der Waals surface area (Å²) in [5.74, 6) is 0. The molecule has 0 saturated heterocycles. The van der Waals surface area contributed by atoms with Crippen molar-refractivity contribution < 1.29 is 5.11 Å². The molecule has 0 atom stereocenters. The second-order valence-corrected chi connectivity index (χ2v) is 2.45. The summed E-state index contributed by atoms with van der Waals surface area (Å²) in [5, 5.41) is 11.8. The number of nitrogens with one attached hydrogen (secondary N) is 1. The van der Waals surface area contributed by atoms with Crippen molar-refractivity contribution in [2.24, 2.45) is 0 Å². The second kappa shape index (κ2) is 4.16. The van der Waals surface area contributed by atoms with Crippen molar-refractivity contribution >= 4 is 0 Å². The van der Waals surface area contributed by atoms with Crippen LogP contribution in [0.4, 0.5) is 0 Å². The van der Waals surface area contributed by atoms with Gasteiger partial charge in [0.1, 0.15) is 0 Å². The van der Waals surface area contributed by atoms with E-state index in [2.05, 4.69) is 5.32 Å². The molecule has 11 heavy (non-hydrogen) atoms. The molecular formula is C8H14N2O. The quantitative estimate of drug-likeness (QED) is 0.650. The Balaban J connectivity index is 2.62. The summed E-state index contributed by atoms with van der Waals surface area (Å²) in [5.41, 5.74) is 1.21. The van der Waals surface area contributed by atoms with Crippen molar-refractivity contribution in [2.75, 3.05) is 13.7 Å². The third-order valence-corrected chi connectivity index (χ3v) is 1.62. The van der Waals surface area contributed by atoms with Gasteiger partial charge in [0.25, 0.3) is 0 Å². The maximum absolute atomic E-state index is 8.69. The molecule has 0 aromatic carbocycles. The van der Waals surface area contributed by atoms with Crippen LogP contribution in [-0.2, 0) is 13.1 Å². The zero-order chi connectivity index (χ0) is 8.10. The molecule has 0 bridgehead atoms. The summed E-state index contributed by atoms with van der Waals surface area (Å²) in [6, 6.07) is 4.04. The minimum atomic E-state index is 0.200. The summed E-state index contributed by atoms with van der Waals surface area (Å²) in [6.45, 7) is 1.74. The third-order valence-electron chi connectivity index (χ3n) is 1.62. The van der Waals surface area contributed by atoms with Crippen LogP contribution in [0.5, 0.6) is 0 Å². The van der Waals surface area contributed by atoms with E-state index in [4.69, 9.17) is 5.11 Å². The standard InChI is InChI=1S/C8H14N2O/c1-9-7-8-3-2-4-10(8)5-6-11/h2-4,9,11H,5-7H2,1H3. The average molecular weight is 154 g/mol. The predicted octanol–water partition coefficient (Wildman–Crippen LogP) is 0.200. The van der Waals surface area contributed by atoms with E-state index in [1.54, 1.807) is 0 Å². The molecule has 0 amide bonds. The number of aliphatic hydroxyl groups is 1. The molecule has 2 N–H and O–H groups in total. The number of aliphatic hydroxyl groups excluding tert-OH is 1. The van der Waals surface area contributed by atoms with E-state index in [-0.39, 0.29) is 6.61 Å². The summed E-state index contributed by atoms with van der Waals surface area (Å²) >= 11 is 0. The Morgan fingerprint density at radius 2 is 2.45 bits per heavy atom. The molecular weight excluding hydrogens is 140 g/mol. The molecule has 0 unspecified atom stereocenters. The van der Waals surface area contributed by atoms with Crippen molar-refractivity contribution in [3.63, 3.8) is 0 Å². The van der Waals surface area contributed by atoms with Crippen LogP contribution in [0.2, 0.25) is 0 Å². The van der Waals surface area contributed by atoms with Crippen LogP contribution in [0, 0.1) is 0 Å². The third kappa shape index (κ3) is 2.06. The summed E-state index contributed by atoms with van der Waals surface area (Å²) in [7, 11) is 1.91. The molecule has 1 heterocycles. The molecule has 1 aromatic heterocycles. The van der Waals surface area contributed by atoms with Gasteiger partial charge in [-0.2, -0.15) is 0 Å². The Morgan fingerprint density at radius 1 is 1.64 bits per heavy atom. The average Bonchev–Trinajstić information content (AvgIpc) is 2.39. The largest absolute Gasteiger partial charge is 0.395 e. The van der Waals surface area contributed by atoms with Crippen LogP contribution in [0.15, 0.2) is 18.3 Å². The van der Waals surface area contributed by atoms with E-state index >= 15 is 0 Å². The van der Waals surface area contributed by atoms with Gasteiger partial charge in [0.05, 0.1) is 6.61 Å². The maximum atomic E-state index is 8.69. The van der Waals surface area contributed by atoms with E-state index in [1.165, 1.54) is 5.69 Å². The van der Waals surface area contributed by atoms with Crippen molar-refractivity contribution in [1.29, 1.82) is 0 Å². The first kappa shape index (κ1) is 8.30. The lowest BCUT2D eigenvalue weighted by Crippen LogP contribution is -2.12. The first-order chi connectivity index (χ1) is 5.38. The van der Waals surface area contributed by atoms with Crippen LogP contribution >= 0.6 is 0 Å². The minimum absolute atomic E-state index is 0.200. The molecule has 3 nitrogen and oxygen atoms in total. The molecule has 1 aromatic rings. The van der Waals surface area contributed by atoms with Gasteiger partial charge in [-0.15, -0.1) is 0 Å². The molecule has 0 spiro atoms. The number of aromatic nitrogens is 1. The molecule has 0 fully saturated rings. The maximum Gasteiger partial charge on any atom is 0.0610 e. The summed E-state index contributed by atoms with van der Waals surface area (Å²) < 4.78 is 2.04. The lowest BCUT2D eigenvalue weighted by atomic mass is 10.4. The zero-order valence-electron chi connectivity index (χ0n) is 6.75. The number of nitrogens with zero attached hydrogens (tertiary/aromatic N) is 1. The Hall–Kier alpha value is -0.800. The Bertz CT molecular complexity index is 187. The molecule has 3 heteroatoms. The Morgan fingerprint density at radius 3 is 3.09 bits per heavy atom. The topological polar surface area (TPSA) is 37.2 Å². The van der Waals surface area contributed by atoms with Crippen LogP contribution in [0.25, 0.3) is 0 Å². The fourth-order valence-corrected chi connectivity index (χ4v) is 1.12. The van der Waals surface area contributed by atoms with Crippen molar-refractivity contribution in [2.45, 2.75) is 13.1 Å². The molecule has 0 aliphatic heterocycles.